The molecule has 0 aromatic heterocycles. The molecule has 1 heterocycles. The van der Waals surface area contributed by atoms with Crippen molar-refractivity contribution in [2.75, 3.05) is 11.9 Å². The minimum absolute atomic E-state index is 0.121. The maximum Gasteiger partial charge on any atom is 0.328 e. The molecule has 0 atom stereocenters. The molecule has 0 saturated carbocycles. The van der Waals surface area contributed by atoms with Crippen LogP contribution in [0.25, 0.3) is 0 Å². The van der Waals surface area contributed by atoms with E-state index in [-0.39, 0.29) is 10.8 Å². The van der Waals surface area contributed by atoms with Crippen molar-refractivity contribution >= 4 is 27.5 Å². The molecule has 1 aromatic rings. The fourth-order valence-electron chi connectivity index (χ4n) is 2.42. The van der Waals surface area contributed by atoms with E-state index >= 15 is 0 Å². The number of amidine groups is 1. The molecule has 1 aromatic carbocycles. The van der Waals surface area contributed by atoms with Crippen LogP contribution in [0.15, 0.2) is 40.8 Å². The molecule has 0 fully saturated rings. The predicted octanol–water partition coefficient (Wildman–Crippen LogP) is 0.923. The number of nitrogens with one attached hydrogen (secondary N) is 3. The summed E-state index contributed by atoms with van der Waals surface area (Å²) in [5, 5.41) is 2.67. The highest BCUT2D eigenvalue weighted by Crippen LogP contribution is 2.16. The van der Waals surface area contributed by atoms with Crippen LogP contribution in [0, 0.1) is 0 Å². The van der Waals surface area contributed by atoms with Crippen molar-refractivity contribution in [3.63, 3.8) is 0 Å². The Morgan fingerprint density at radius 1 is 1.21 bits per heavy atom. The fraction of sp³-hybridized carbons (Fsp3) is 0.412. The van der Waals surface area contributed by atoms with Crippen molar-refractivity contribution < 1.29 is 18.2 Å². The molecule has 0 aliphatic carbocycles. The Morgan fingerprint density at radius 2 is 2.00 bits per heavy atom. The first-order chi connectivity index (χ1) is 11.4. The number of rotatable bonds is 4. The molecule has 0 bridgehead atoms. The van der Waals surface area contributed by atoms with Gasteiger partial charge < -0.3 is 5.32 Å². The van der Waals surface area contributed by atoms with Crippen LogP contribution in [0.1, 0.15) is 39.5 Å². The molecular weight excluding hydrogens is 326 g/mol. The molecule has 3 N–H and O–H groups in total. The Hall–Kier alpha value is -2.15. The molecule has 1 aliphatic rings. The van der Waals surface area contributed by atoms with E-state index in [2.05, 4.69) is 15.0 Å². The third kappa shape index (κ3) is 5.49. The topological polar surface area (TPSA) is 89.2 Å². The maximum atomic E-state index is 12.5. The Labute approximate surface area is 143 Å². The van der Waals surface area contributed by atoms with Crippen LogP contribution in [-0.2, 0) is 14.8 Å². The summed E-state index contributed by atoms with van der Waals surface area (Å²) in [6.45, 7) is 4.42. The van der Waals surface area contributed by atoms with Crippen molar-refractivity contribution in [1.29, 1.82) is 0 Å². The van der Waals surface area contributed by atoms with E-state index in [9.17, 15) is 13.2 Å². The van der Waals surface area contributed by atoms with Crippen molar-refractivity contribution in [2.45, 2.75) is 44.4 Å². The predicted molar refractivity (Wildman–Crippen MR) is 94.1 cm³/mol. The van der Waals surface area contributed by atoms with E-state index in [0.717, 1.165) is 31.4 Å². The van der Waals surface area contributed by atoms with E-state index in [0.29, 0.717) is 17.9 Å². The lowest BCUT2D eigenvalue weighted by atomic mass is 10.2. The van der Waals surface area contributed by atoms with Gasteiger partial charge in [-0.2, -0.15) is 13.1 Å². The highest BCUT2D eigenvalue weighted by molar-refractivity contribution is 7.90. The van der Waals surface area contributed by atoms with Gasteiger partial charge in [0.15, 0.2) is 0 Å². The SMILES string of the molecule is CC(C)=CC(=O)Nc1cccc(S(=O)(=O)NC2=[NH+]CCCCC2)c1. The van der Waals surface area contributed by atoms with Gasteiger partial charge in [-0.15, -0.1) is 0 Å². The summed E-state index contributed by atoms with van der Waals surface area (Å²) in [6.07, 6.45) is 5.24. The molecule has 0 saturated heterocycles. The largest absolute Gasteiger partial charge is 0.328 e. The molecular formula is C17H24N3O3S+. The Kier molecular flexibility index (Phi) is 6.14. The summed E-state index contributed by atoms with van der Waals surface area (Å²) in [5.74, 6) is 0.351. The molecule has 2 rings (SSSR count). The molecule has 130 valence electrons. The van der Waals surface area contributed by atoms with Crippen molar-refractivity contribution in [1.82, 2.24) is 4.72 Å². The number of hydrogen-bond acceptors (Lipinski definition) is 3. The summed E-state index contributed by atoms with van der Waals surface area (Å²) >= 11 is 0. The smallest absolute Gasteiger partial charge is 0.322 e. The summed E-state index contributed by atoms with van der Waals surface area (Å²) in [5.41, 5.74) is 1.31. The van der Waals surface area contributed by atoms with Gasteiger partial charge in [-0.1, -0.05) is 11.6 Å². The second-order valence-corrected chi connectivity index (χ2v) is 7.74. The lowest BCUT2D eigenvalue weighted by molar-refractivity contribution is -0.459. The van der Waals surface area contributed by atoms with Gasteiger partial charge in [0.05, 0.1) is 6.54 Å². The standard InChI is InChI=1S/C17H23N3O3S/c1-13(2)11-17(21)19-14-7-6-8-15(12-14)24(22,23)20-16-9-4-3-5-10-18-16/h6-8,11-12H,3-5,9-10H2,1-2H3,(H,18,20)(H,19,21)/p+1. The molecule has 7 heteroatoms. The zero-order valence-corrected chi connectivity index (χ0v) is 14.9. The minimum atomic E-state index is -3.67. The third-order valence-electron chi connectivity index (χ3n) is 3.53. The van der Waals surface area contributed by atoms with E-state index < -0.39 is 10.0 Å². The zero-order valence-electron chi connectivity index (χ0n) is 14.1. The van der Waals surface area contributed by atoms with E-state index in [1.165, 1.54) is 18.2 Å². The van der Waals surface area contributed by atoms with Crippen LogP contribution >= 0.6 is 0 Å². The summed E-state index contributed by atoms with van der Waals surface area (Å²) in [7, 11) is -3.67. The number of hydrogen-bond donors (Lipinski definition) is 3. The summed E-state index contributed by atoms with van der Waals surface area (Å²) < 4.78 is 27.7. The van der Waals surface area contributed by atoms with Crippen LogP contribution < -0.4 is 15.0 Å². The van der Waals surface area contributed by atoms with Crippen molar-refractivity contribution in [2.24, 2.45) is 0 Å². The first kappa shape index (κ1) is 18.2. The van der Waals surface area contributed by atoms with E-state index in [1.807, 2.05) is 13.8 Å². The second kappa shape index (κ2) is 8.10. The maximum absolute atomic E-state index is 12.5. The fourth-order valence-corrected chi connectivity index (χ4v) is 3.58. The van der Waals surface area contributed by atoms with Gasteiger partial charge in [-0.05, 0) is 51.3 Å². The van der Waals surface area contributed by atoms with Gasteiger partial charge in [-0.3, -0.25) is 9.79 Å². The van der Waals surface area contributed by atoms with Gasteiger partial charge in [-0.25, -0.2) is 0 Å². The van der Waals surface area contributed by atoms with Crippen LogP contribution in [0.3, 0.4) is 0 Å². The number of amides is 1. The van der Waals surface area contributed by atoms with Gasteiger partial charge in [0.1, 0.15) is 4.90 Å². The molecule has 0 spiro atoms. The van der Waals surface area contributed by atoms with Crippen LogP contribution in [0.5, 0.6) is 0 Å². The van der Waals surface area contributed by atoms with E-state index in [1.54, 1.807) is 12.1 Å². The first-order valence-corrected chi connectivity index (χ1v) is 9.53. The third-order valence-corrected chi connectivity index (χ3v) is 4.92. The molecule has 0 radical (unpaired) electrons. The molecule has 0 unspecified atom stereocenters. The van der Waals surface area contributed by atoms with Crippen molar-refractivity contribution in [3.8, 4) is 0 Å². The molecule has 1 amide bonds. The number of anilines is 1. The number of sulfonamides is 1. The highest BCUT2D eigenvalue weighted by Gasteiger charge is 2.23. The highest BCUT2D eigenvalue weighted by atomic mass is 32.2. The normalized spacial score (nSPS) is 15.0. The quantitative estimate of drug-likeness (QED) is 0.706. The number of carbonyl (C=O) groups excluding carboxylic acids is 1. The van der Waals surface area contributed by atoms with E-state index in [4.69, 9.17) is 0 Å². The van der Waals surface area contributed by atoms with Crippen LogP contribution in [-0.4, -0.2) is 26.7 Å². The lowest BCUT2D eigenvalue weighted by Crippen LogP contribution is -2.76. The molecule has 1 aliphatic heterocycles. The Balaban J connectivity index is 2.15. The average Bonchev–Trinajstić information content (AvgIpc) is 2.74. The monoisotopic (exact) mass is 350 g/mol. The number of benzene rings is 1. The Bertz CT molecular complexity index is 763. The van der Waals surface area contributed by atoms with Gasteiger partial charge in [0, 0.05) is 18.2 Å². The van der Waals surface area contributed by atoms with Gasteiger partial charge in [0.2, 0.25) is 5.91 Å². The number of allylic oxidation sites excluding steroid dienone is 1. The second-order valence-electron chi connectivity index (χ2n) is 6.06. The summed E-state index contributed by atoms with van der Waals surface area (Å²) in [4.78, 5) is 15.0. The lowest BCUT2D eigenvalue weighted by Gasteiger charge is -2.07. The van der Waals surface area contributed by atoms with Crippen molar-refractivity contribution in [3.05, 3.63) is 35.9 Å². The van der Waals surface area contributed by atoms with Gasteiger partial charge >= 0.3 is 10.0 Å². The number of carbonyl (C=O) groups is 1. The zero-order chi connectivity index (χ0) is 17.6. The Morgan fingerprint density at radius 3 is 2.75 bits per heavy atom. The van der Waals surface area contributed by atoms with Gasteiger partial charge in [0.25, 0.3) is 5.84 Å². The first-order valence-electron chi connectivity index (χ1n) is 8.05. The average molecular weight is 350 g/mol. The minimum Gasteiger partial charge on any atom is -0.322 e. The van der Waals surface area contributed by atoms with Crippen LogP contribution in [0.4, 0.5) is 5.69 Å². The molecule has 6 nitrogen and oxygen atoms in total. The molecule has 24 heavy (non-hydrogen) atoms. The van der Waals surface area contributed by atoms with Crippen LogP contribution in [0.2, 0.25) is 0 Å². The summed E-state index contributed by atoms with van der Waals surface area (Å²) in [6, 6.07) is 6.23.